The summed E-state index contributed by atoms with van der Waals surface area (Å²) >= 11 is 5.67. The summed E-state index contributed by atoms with van der Waals surface area (Å²) in [6.07, 6.45) is 0. The Labute approximate surface area is 125 Å². The van der Waals surface area contributed by atoms with Gasteiger partial charge in [0.1, 0.15) is 24.0 Å². The van der Waals surface area contributed by atoms with E-state index in [0.29, 0.717) is 21.9 Å². The fourth-order valence-electron chi connectivity index (χ4n) is 1.76. The van der Waals surface area contributed by atoms with Gasteiger partial charge in [0.2, 0.25) is 0 Å². The Morgan fingerprint density at radius 1 is 1.24 bits per heavy atom. The zero-order valence-corrected chi connectivity index (χ0v) is 11.9. The van der Waals surface area contributed by atoms with Crippen molar-refractivity contribution in [2.24, 2.45) is 5.16 Å². The number of halogens is 3. The van der Waals surface area contributed by atoms with Crippen LogP contribution in [0.15, 0.2) is 41.6 Å². The Balaban J connectivity index is 2.24. The van der Waals surface area contributed by atoms with E-state index in [9.17, 15) is 8.78 Å². The minimum atomic E-state index is -0.488. The monoisotopic (exact) mass is 311 g/mol. The molecule has 0 radical (unpaired) electrons. The molecule has 0 saturated heterocycles. The van der Waals surface area contributed by atoms with Gasteiger partial charge >= 0.3 is 0 Å². The van der Waals surface area contributed by atoms with E-state index in [4.69, 9.17) is 21.5 Å². The Hall–Kier alpha value is -2.14. The van der Waals surface area contributed by atoms with Gasteiger partial charge in [-0.3, -0.25) is 0 Å². The van der Waals surface area contributed by atoms with E-state index in [1.807, 2.05) is 0 Å². The van der Waals surface area contributed by atoms with E-state index in [-0.39, 0.29) is 12.3 Å². The second-order valence-corrected chi connectivity index (χ2v) is 4.79. The lowest BCUT2D eigenvalue weighted by molar-refractivity contribution is 0.297. The first-order valence-corrected chi connectivity index (χ1v) is 6.44. The largest absolute Gasteiger partial charge is 0.488 e. The highest BCUT2D eigenvalue weighted by atomic mass is 35.5. The molecule has 0 atom stereocenters. The molecule has 0 bridgehead atoms. The molecule has 110 valence electrons. The Morgan fingerprint density at radius 2 is 2.00 bits per heavy atom. The molecule has 0 aliphatic rings. The highest BCUT2D eigenvalue weighted by Gasteiger charge is 2.11. The summed E-state index contributed by atoms with van der Waals surface area (Å²) < 4.78 is 32.4. The van der Waals surface area contributed by atoms with Gasteiger partial charge in [-0.1, -0.05) is 22.8 Å². The minimum Gasteiger partial charge on any atom is -0.488 e. The van der Waals surface area contributed by atoms with Gasteiger partial charge < -0.3 is 9.94 Å². The minimum absolute atomic E-state index is 0.0552. The van der Waals surface area contributed by atoms with Crippen molar-refractivity contribution in [3.63, 3.8) is 0 Å². The van der Waals surface area contributed by atoms with Crippen LogP contribution in [0.4, 0.5) is 8.78 Å². The van der Waals surface area contributed by atoms with Gasteiger partial charge in [-0.25, -0.2) is 8.78 Å². The number of benzene rings is 2. The van der Waals surface area contributed by atoms with Crippen molar-refractivity contribution < 1.29 is 18.7 Å². The molecule has 3 nitrogen and oxygen atoms in total. The van der Waals surface area contributed by atoms with Crippen LogP contribution in [0.2, 0.25) is 5.02 Å². The van der Waals surface area contributed by atoms with Crippen LogP contribution in [0.25, 0.3) is 0 Å². The maximum Gasteiger partial charge on any atom is 0.131 e. The van der Waals surface area contributed by atoms with Gasteiger partial charge in [0.25, 0.3) is 0 Å². The fraction of sp³-hybridized carbons (Fsp3) is 0.133. The van der Waals surface area contributed by atoms with Gasteiger partial charge in [-0.15, -0.1) is 0 Å². The average Bonchev–Trinajstić information content (AvgIpc) is 2.46. The van der Waals surface area contributed by atoms with Gasteiger partial charge in [0, 0.05) is 16.1 Å². The summed E-state index contributed by atoms with van der Waals surface area (Å²) in [5.74, 6) is -0.683. The normalized spacial score (nSPS) is 11.5. The van der Waals surface area contributed by atoms with Gasteiger partial charge in [0.05, 0.1) is 5.71 Å². The lowest BCUT2D eigenvalue weighted by Gasteiger charge is -2.11. The summed E-state index contributed by atoms with van der Waals surface area (Å²) in [6.45, 7) is 1.45. The summed E-state index contributed by atoms with van der Waals surface area (Å²) in [6, 6.07) is 8.03. The molecule has 21 heavy (non-hydrogen) atoms. The average molecular weight is 312 g/mol. The van der Waals surface area contributed by atoms with Crippen LogP contribution in [0.5, 0.6) is 5.75 Å². The van der Waals surface area contributed by atoms with E-state index >= 15 is 0 Å². The van der Waals surface area contributed by atoms with Crippen molar-refractivity contribution in [2.75, 3.05) is 0 Å². The summed E-state index contributed by atoms with van der Waals surface area (Å²) in [5.41, 5.74) is 0.807. The van der Waals surface area contributed by atoms with Crippen molar-refractivity contribution in [1.82, 2.24) is 0 Å². The number of ether oxygens (including phenoxy) is 1. The molecular weight excluding hydrogens is 300 g/mol. The first-order valence-electron chi connectivity index (χ1n) is 6.06. The lowest BCUT2D eigenvalue weighted by Crippen LogP contribution is -2.04. The molecule has 2 aromatic rings. The molecule has 0 spiro atoms. The van der Waals surface area contributed by atoms with Crippen molar-refractivity contribution >= 4 is 17.3 Å². The molecule has 2 aromatic carbocycles. The van der Waals surface area contributed by atoms with E-state index in [0.717, 1.165) is 0 Å². The van der Waals surface area contributed by atoms with Gasteiger partial charge in [-0.2, -0.15) is 0 Å². The first-order chi connectivity index (χ1) is 10.0. The van der Waals surface area contributed by atoms with Crippen molar-refractivity contribution in [1.29, 1.82) is 0 Å². The molecule has 0 fully saturated rings. The Kier molecular flexibility index (Phi) is 4.75. The molecule has 0 aliphatic carbocycles. The summed E-state index contributed by atoms with van der Waals surface area (Å²) in [4.78, 5) is 0. The smallest absolute Gasteiger partial charge is 0.131 e. The highest BCUT2D eigenvalue weighted by molar-refractivity contribution is 6.30. The number of hydrogen-bond donors (Lipinski definition) is 1. The van der Waals surface area contributed by atoms with Crippen LogP contribution < -0.4 is 4.74 Å². The quantitative estimate of drug-likeness (QED) is 0.517. The molecule has 0 aromatic heterocycles. The van der Waals surface area contributed by atoms with E-state index < -0.39 is 11.6 Å². The Bertz CT molecular complexity index is 689. The predicted molar refractivity (Wildman–Crippen MR) is 76.1 cm³/mol. The second-order valence-electron chi connectivity index (χ2n) is 4.35. The molecule has 0 saturated carbocycles. The maximum atomic E-state index is 13.7. The zero-order valence-electron chi connectivity index (χ0n) is 11.1. The lowest BCUT2D eigenvalue weighted by atomic mass is 10.1. The molecule has 6 heteroatoms. The molecule has 1 N–H and O–H groups in total. The molecule has 2 rings (SSSR count). The van der Waals surface area contributed by atoms with Gasteiger partial charge in [-0.05, 0) is 37.3 Å². The first kappa shape index (κ1) is 15.3. The van der Waals surface area contributed by atoms with Crippen molar-refractivity contribution in [3.05, 3.63) is 64.2 Å². The molecule has 0 amide bonds. The molecule has 0 heterocycles. The summed E-state index contributed by atoms with van der Waals surface area (Å²) in [5, 5.41) is 12.1. The standard InChI is InChI=1S/C15H12ClF2NO2/c1-9(19-20)13-7-12(17)4-5-15(13)21-8-10-2-3-11(16)6-14(10)18/h2-7,20H,8H2,1H3/b19-9-. The highest BCUT2D eigenvalue weighted by Crippen LogP contribution is 2.23. The van der Waals surface area contributed by atoms with E-state index in [1.54, 1.807) is 6.07 Å². The number of hydrogen-bond acceptors (Lipinski definition) is 3. The summed E-state index contributed by atoms with van der Waals surface area (Å²) in [7, 11) is 0. The van der Waals surface area contributed by atoms with Crippen LogP contribution in [0.1, 0.15) is 18.1 Å². The topological polar surface area (TPSA) is 41.8 Å². The van der Waals surface area contributed by atoms with Gasteiger partial charge in [0.15, 0.2) is 0 Å². The number of nitrogens with zero attached hydrogens (tertiary/aromatic N) is 1. The van der Waals surface area contributed by atoms with Crippen LogP contribution in [0, 0.1) is 11.6 Å². The van der Waals surface area contributed by atoms with E-state index in [1.165, 1.54) is 37.3 Å². The van der Waals surface area contributed by atoms with Crippen molar-refractivity contribution in [2.45, 2.75) is 13.5 Å². The maximum absolute atomic E-state index is 13.7. The third-order valence-electron chi connectivity index (χ3n) is 2.88. The van der Waals surface area contributed by atoms with Crippen molar-refractivity contribution in [3.8, 4) is 5.75 Å². The fourth-order valence-corrected chi connectivity index (χ4v) is 1.92. The van der Waals surface area contributed by atoms with Crippen LogP contribution in [-0.4, -0.2) is 10.9 Å². The second kappa shape index (κ2) is 6.54. The van der Waals surface area contributed by atoms with Crippen LogP contribution >= 0.6 is 11.6 Å². The predicted octanol–water partition coefficient (Wildman–Crippen LogP) is 4.40. The molecule has 0 aliphatic heterocycles. The Morgan fingerprint density at radius 3 is 2.67 bits per heavy atom. The van der Waals surface area contributed by atoms with E-state index in [2.05, 4.69) is 5.16 Å². The number of oxime groups is 1. The molecular formula is C15H12ClF2NO2. The SMILES string of the molecule is C/C(=N/O)c1cc(F)ccc1OCc1ccc(Cl)cc1F. The van der Waals surface area contributed by atoms with Crippen LogP contribution in [0.3, 0.4) is 0 Å². The third kappa shape index (κ3) is 3.70. The third-order valence-corrected chi connectivity index (χ3v) is 3.11. The number of rotatable bonds is 4. The zero-order chi connectivity index (χ0) is 15.4. The van der Waals surface area contributed by atoms with Crippen LogP contribution in [-0.2, 0) is 6.61 Å². The molecule has 0 unspecified atom stereocenters.